The van der Waals surface area contributed by atoms with Gasteiger partial charge in [-0.1, -0.05) is 5.16 Å². The summed E-state index contributed by atoms with van der Waals surface area (Å²) in [5, 5.41) is 3.97. The third-order valence-electron chi connectivity index (χ3n) is 4.71. The van der Waals surface area contributed by atoms with E-state index in [2.05, 4.69) is 20.1 Å². The molecule has 0 radical (unpaired) electrons. The predicted molar refractivity (Wildman–Crippen MR) is 102 cm³/mol. The number of piperidine rings is 1. The smallest absolute Gasteiger partial charge is 0.255 e. The van der Waals surface area contributed by atoms with Crippen LogP contribution in [-0.2, 0) is 11.3 Å². The molecule has 150 valence electrons. The molecule has 1 saturated heterocycles. The van der Waals surface area contributed by atoms with Crippen LogP contribution in [0.2, 0.25) is 0 Å². The topological polar surface area (TPSA) is 103 Å². The number of ether oxygens (including phenoxy) is 2. The Kier molecular flexibility index (Phi) is 5.76. The van der Waals surface area contributed by atoms with Crippen molar-refractivity contribution in [1.82, 2.24) is 25.0 Å². The van der Waals surface area contributed by atoms with E-state index in [1.807, 2.05) is 12.1 Å². The molecule has 0 spiro atoms. The fourth-order valence-electron chi connectivity index (χ4n) is 3.19. The molecule has 4 heterocycles. The van der Waals surface area contributed by atoms with Gasteiger partial charge in [-0.25, -0.2) is 4.98 Å². The van der Waals surface area contributed by atoms with Crippen LogP contribution in [0.25, 0.3) is 11.4 Å². The van der Waals surface area contributed by atoms with Gasteiger partial charge in [0.05, 0.1) is 18.8 Å². The molecule has 1 aliphatic rings. The largest absolute Gasteiger partial charge is 0.481 e. The van der Waals surface area contributed by atoms with Crippen molar-refractivity contribution in [3.8, 4) is 17.3 Å². The van der Waals surface area contributed by atoms with Gasteiger partial charge in [0.25, 0.3) is 11.8 Å². The standard InChI is InChI=1S/C20H21N5O4/c1-27-17-5-4-15(11-22-17)20(26)25-10-2-3-16(12-25)28-13-18-23-19(24-29-18)14-6-8-21-9-7-14/h4-9,11,16H,2-3,10,12-13H2,1H3. The van der Waals surface area contributed by atoms with Crippen LogP contribution in [-0.4, -0.2) is 57.2 Å². The fraction of sp³-hybridized carbons (Fsp3) is 0.350. The number of carbonyl (C=O) groups is 1. The molecule has 29 heavy (non-hydrogen) atoms. The van der Waals surface area contributed by atoms with Crippen LogP contribution in [0.4, 0.5) is 0 Å². The highest BCUT2D eigenvalue weighted by Crippen LogP contribution is 2.19. The zero-order valence-electron chi connectivity index (χ0n) is 16.0. The summed E-state index contributed by atoms with van der Waals surface area (Å²) in [6, 6.07) is 7.03. The number of carbonyl (C=O) groups excluding carboxylic acids is 1. The minimum absolute atomic E-state index is 0.0637. The highest BCUT2D eigenvalue weighted by Gasteiger charge is 2.26. The van der Waals surface area contributed by atoms with Gasteiger partial charge >= 0.3 is 0 Å². The molecule has 0 N–H and O–H groups in total. The summed E-state index contributed by atoms with van der Waals surface area (Å²) in [6.45, 7) is 1.41. The van der Waals surface area contributed by atoms with E-state index < -0.39 is 0 Å². The maximum absolute atomic E-state index is 12.7. The molecule has 1 fully saturated rings. The highest BCUT2D eigenvalue weighted by molar-refractivity contribution is 5.94. The number of amides is 1. The van der Waals surface area contributed by atoms with Crippen molar-refractivity contribution in [3.05, 3.63) is 54.3 Å². The first-order chi connectivity index (χ1) is 14.2. The predicted octanol–water partition coefficient (Wildman–Crippen LogP) is 2.36. The average molecular weight is 395 g/mol. The highest BCUT2D eigenvalue weighted by atomic mass is 16.5. The van der Waals surface area contributed by atoms with Crippen LogP contribution < -0.4 is 4.74 Å². The lowest BCUT2D eigenvalue weighted by atomic mass is 10.1. The van der Waals surface area contributed by atoms with Crippen molar-refractivity contribution in [2.24, 2.45) is 0 Å². The van der Waals surface area contributed by atoms with Crippen molar-refractivity contribution in [2.75, 3.05) is 20.2 Å². The molecule has 0 saturated carbocycles. The Hall–Kier alpha value is -3.33. The molecule has 1 unspecified atom stereocenters. The lowest BCUT2D eigenvalue weighted by Crippen LogP contribution is -2.43. The van der Waals surface area contributed by atoms with E-state index in [1.165, 1.54) is 6.20 Å². The monoisotopic (exact) mass is 395 g/mol. The second-order valence-corrected chi connectivity index (χ2v) is 6.66. The quantitative estimate of drug-likeness (QED) is 0.627. The Labute approximate surface area is 167 Å². The number of pyridine rings is 2. The van der Waals surface area contributed by atoms with Gasteiger partial charge in [0.2, 0.25) is 11.7 Å². The molecule has 4 rings (SSSR count). The van der Waals surface area contributed by atoms with Crippen LogP contribution in [0.1, 0.15) is 29.1 Å². The number of hydrogen-bond acceptors (Lipinski definition) is 8. The molecular weight excluding hydrogens is 374 g/mol. The molecule has 3 aromatic heterocycles. The van der Waals surface area contributed by atoms with E-state index in [1.54, 1.807) is 36.5 Å². The zero-order valence-corrected chi connectivity index (χ0v) is 16.0. The number of methoxy groups -OCH3 is 1. The Morgan fingerprint density at radius 1 is 1.28 bits per heavy atom. The Morgan fingerprint density at radius 2 is 2.14 bits per heavy atom. The Balaban J connectivity index is 1.33. The van der Waals surface area contributed by atoms with Crippen LogP contribution in [0.3, 0.4) is 0 Å². The third kappa shape index (κ3) is 4.57. The van der Waals surface area contributed by atoms with Gasteiger partial charge < -0.3 is 18.9 Å². The third-order valence-corrected chi connectivity index (χ3v) is 4.71. The van der Waals surface area contributed by atoms with Gasteiger partial charge in [-0.05, 0) is 31.0 Å². The zero-order chi connectivity index (χ0) is 20.1. The average Bonchev–Trinajstić information content (AvgIpc) is 3.27. The summed E-state index contributed by atoms with van der Waals surface area (Å²) in [7, 11) is 1.54. The van der Waals surface area contributed by atoms with Crippen molar-refractivity contribution in [1.29, 1.82) is 0 Å². The number of rotatable bonds is 6. The van der Waals surface area contributed by atoms with Gasteiger partial charge in [0, 0.05) is 43.3 Å². The molecular formula is C20H21N5O4. The van der Waals surface area contributed by atoms with Crippen LogP contribution in [0, 0.1) is 0 Å². The first kappa shape index (κ1) is 19.0. The van der Waals surface area contributed by atoms with E-state index in [0.29, 0.717) is 36.2 Å². The van der Waals surface area contributed by atoms with Gasteiger partial charge in [-0.2, -0.15) is 4.98 Å². The summed E-state index contributed by atoms with van der Waals surface area (Å²) in [4.78, 5) is 26.9. The molecule has 9 heteroatoms. The van der Waals surface area contributed by atoms with Gasteiger partial charge in [0.1, 0.15) is 6.61 Å². The molecule has 1 amide bonds. The van der Waals surface area contributed by atoms with Crippen LogP contribution in [0.15, 0.2) is 47.4 Å². The molecule has 0 bridgehead atoms. The lowest BCUT2D eigenvalue weighted by Gasteiger charge is -2.32. The van der Waals surface area contributed by atoms with Crippen molar-refractivity contribution in [3.63, 3.8) is 0 Å². The van der Waals surface area contributed by atoms with Crippen molar-refractivity contribution in [2.45, 2.75) is 25.6 Å². The molecule has 0 aromatic carbocycles. The maximum Gasteiger partial charge on any atom is 0.255 e. The normalized spacial score (nSPS) is 16.6. The number of aromatic nitrogens is 4. The van der Waals surface area contributed by atoms with Crippen molar-refractivity contribution < 1.29 is 18.8 Å². The maximum atomic E-state index is 12.7. The fourth-order valence-corrected chi connectivity index (χ4v) is 3.19. The first-order valence-corrected chi connectivity index (χ1v) is 9.37. The van der Waals surface area contributed by atoms with Gasteiger partial charge in [0.15, 0.2) is 0 Å². The minimum atomic E-state index is -0.0878. The lowest BCUT2D eigenvalue weighted by molar-refractivity contribution is -0.0153. The minimum Gasteiger partial charge on any atom is -0.481 e. The van der Waals surface area contributed by atoms with E-state index in [0.717, 1.165) is 18.4 Å². The number of hydrogen-bond donors (Lipinski definition) is 0. The summed E-state index contributed by atoms with van der Waals surface area (Å²) in [5.74, 6) is 1.32. The van der Waals surface area contributed by atoms with Gasteiger partial charge in [-0.15, -0.1) is 0 Å². The summed E-state index contributed by atoms with van der Waals surface area (Å²) in [6.07, 6.45) is 6.53. The SMILES string of the molecule is COc1ccc(C(=O)N2CCCC(OCc3nc(-c4ccncc4)no3)C2)cn1. The van der Waals surface area contributed by atoms with E-state index in [-0.39, 0.29) is 18.6 Å². The van der Waals surface area contributed by atoms with E-state index in [9.17, 15) is 4.79 Å². The molecule has 0 aliphatic carbocycles. The summed E-state index contributed by atoms with van der Waals surface area (Å²) >= 11 is 0. The summed E-state index contributed by atoms with van der Waals surface area (Å²) < 4.78 is 16.2. The summed E-state index contributed by atoms with van der Waals surface area (Å²) in [5.41, 5.74) is 1.36. The van der Waals surface area contributed by atoms with Gasteiger partial charge in [-0.3, -0.25) is 9.78 Å². The Morgan fingerprint density at radius 3 is 2.90 bits per heavy atom. The molecule has 1 atom stereocenters. The second kappa shape index (κ2) is 8.78. The number of likely N-dealkylation sites (tertiary alicyclic amines) is 1. The van der Waals surface area contributed by atoms with E-state index in [4.69, 9.17) is 14.0 Å². The van der Waals surface area contributed by atoms with E-state index >= 15 is 0 Å². The molecule has 9 nitrogen and oxygen atoms in total. The molecule has 1 aliphatic heterocycles. The number of nitrogens with zero attached hydrogens (tertiary/aromatic N) is 5. The van der Waals surface area contributed by atoms with Crippen LogP contribution >= 0.6 is 0 Å². The second-order valence-electron chi connectivity index (χ2n) is 6.66. The first-order valence-electron chi connectivity index (χ1n) is 9.37. The van der Waals surface area contributed by atoms with Crippen molar-refractivity contribution >= 4 is 5.91 Å². The Bertz CT molecular complexity index is 945. The molecule has 3 aromatic rings. The van der Waals surface area contributed by atoms with Crippen LogP contribution in [0.5, 0.6) is 5.88 Å².